The monoisotopic (exact) mass is 252 g/mol. The molecule has 2 rings (SSSR count). The van der Waals surface area contributed by atoms with E-state index in [0.717, 1.165) is 49.7 Å². The van der Waals surface area contributed by atoms with Crippen LogP contribution in [0.15, 0.2) is 24.3 Å². The van der Waals surface area contributed by atoms with Crippen molar-refractivity contribution in [1.82, 2.24) is 4.90 Å². The molecule has 0 bridgehead atoms. The van der Waals surface area contributed by atoms with Gasteiger partial charge >= 0.3 is 0 Å². The van der Waals surface area contributed by atoms with Crippen LogP contribution < -0.4 is 5.73 Å². The summed E-state index contributed by atoms with van der Waals surface area (Å²) in [6.45, 7) is 3.08. The fraction of sp³-hybridized carbons (Fsp3) is 0.538. The topological polar surface area (TPSA) is 46.3 Å². The summed E-state index contributed by atoms with van der Waals surface area (Å²) in [6.07, 6.45) is 2.22. The highest BCUT2D eigenvalue weighted by atomic mass is 32.2. The Morgan fingerprint density at radius 2 is 2.06 bits per heavy atom. The summed E-state index contributed by atoms with van der Waals surface area (Å²) in [7, 11) is -0.564. The summed E-state index contributed by atoms with van der Waals surface area (Å²) in [4.78, 5) is 2.41. The van der Waals surface area contributed by atoms with Gasteiger partial charge in [0.2, 0.25) is 0 Å². The van der Waals surface area contributed by atoms with E-state index in [1.807, 2.05) is 18.2 Å². The van der Waals surface area contributed by atoms with Gasteiger partial charge in [-0.3, -0.25) is 4.21 Å². The van der Waals surface area contributed by atoms with Crippen molar-refractivity contribution in [3.63, 3.8) is 0 Å². The standard InChI is InChI=1S/C13H20N2OS/c14-13-5-1-3-12(11-13)4-2-6-15-7-9-17(16)10-8-15/h1,3,5,11H,2,4,6-10,14H2. The lowest BCUT2D eigenvalue weighted by molar-refractivity contribution is 0.296. The molecule has 1 aliphatic heterocycles. The number of nitrogens with two attached hydrogens (primary N) is 1. The van der Waals surface area contributed by atoms with Crippen molar-refractivity contribution in [2.45, 2.75) is 12.8 Å². The summed E-state index contributed by atoms with van der Waals surface area (Å²) < 4.78 is 11.2. The second kappa shape index (κ2) is 6.17. The minimum absolute atomic E-state index is 0.564. The molecule has 1 aliphatic rings. The van der Waals surface area contributed by atoms with Crippen LogP contribution in [0.2, 0.25) is 0 Å². The van der Waals surface area contributed by atoms with E-state index in [1.165, 1.54) is 5.56 Å². The maximum absolute atomic E-state index is 11.2. The molecular formula is C13H20N2OS. The van der Waals surface area contributed by atoms with E-state index in [2.05, 4.69) is 11.0 Å². The first kappa shape index (κ1) is 12.6. The molecular weight excluding hydrogens is 232 g/mol. The molecule has 0 spiro atoms. The van der Waals surface area contributed by atoms with E-state index < -0.39 is 10.8 Å². The number of hydrogen-bond acceptors (Lipinski definition) is 3. The van der Waals surface area contributed by atoms with Crippen LogP contribution in [0.25, 0.3) is 0 Å². The minimum atomic E-state index is -0.564. The maximum Gasteiger partial charge on any atom is 0.0363 e. The van der Waals surface area contributed by atoms with E-state index in [0.29, 0.717) is 0 Å². The van der Waals surface area contributed by atoms with Crippen molar-refractivity contribution in [1.29, 1.82) is 0 Å². The summed E-state index contributed by atoms with van der Waals surface area (Å²) in [5.41, 5.74) is 7.90. The van der Waals surface area contributed by atoms with Gasteiger partial charge in [0.05, 0.1) is 0 Å². The minimum Gasteiger partial charge on any atom is -0.399 e. The van der Waals surface area contributed by atoms with Crippen LogP contribution in [0.3, 0.4) is 0 Å². The molecule has 17 heavy (non-hydrogen) atoms. The van der Waals surface area contributed by atoms with Gasteiger partial charge in [-0.1, -0.05) is 12.1 Å². The second-order valence-corrected chi connectivity index (χ2v) is 6.23. The van der Waals surface area contributed by atoms with E-state index >= 15 is 0 Å². The molecule has 94 valence electrons. The van der Waals surface area contributed by atoms with Gasteiger partial charge < -0.3 is 10.6 Å². The van der Waals surface area contributed by atoms with E-state index in [4.69, 9.17) is 5.73 Å². The molecule has 3 nitrogen and oxygen atoms in total. The number of hydrogen-bond donors (Lipinski definition) is 1. The SMILES string of the molecule is Nc1cccc(CCCN2CCS(=O)CC2)c1. The number of aryl methyl sites for hydroxylation is 1. The average molecular weight is 252 g/mol. The van der Waals surface area contributed by atoms with Crippen LogP contribution in [0, 0.1) is 0 Å². The number of nitrogens with zero attached hydrogens (tertiary/aromatic N) is 1. The van der Waals surface area contributed by atoms with Crippen molar-refractivity contribution in [3.8, 4) is 0 Å². The fourth-order valence-corrected chi connectivity index (χ4v) is 3.28. The third-order valence-corrected chi connectivity index (χ3v) is 4.44. The van der Waals surface area contributed by atoms with Gasteiger partial charge in [-0.2, -0.15) is 0 Å². The van der Waals surface area contributed by atoms with Gasteiger partial charge in [0, 0.05) is 41.1 Å². The van der Waals surface area contributed by atoms with Crippen molar-refractivity contribution < 1.29 is 4.21 Å². The molecule has 1 saturated heterocycles. The zero-order valence-corrected chi connectivity index (χ0v) is 10.9. The predicted molar refractivity (Wildman–Crippen MR) is 73.5 cm³/mol. The Bertz CT molecular complexity index is 385. The third kappa shape index (κ3) is 4.13. The molecule has 0 saturated carbocycles. The molecule has 0 atom stereocenters. The van der Waals surface area contributed by atoms with Crippen LogP contribution in [-0.4, -0.2) is 40.2 Å². The summed E-state index contributed by atoms with van der Waals surface area (Å²) in [5.74, 6) is 1.69. The molecule has 0 amide bonds. The molecule has 2 N–H and O–H groups in total. The summed E-state index contributed by atoms with van der Waals surface area (Å²) in [6, 6.07) is 8.10. The molecule has 1 aromatic carbocycles. The first-order valence-electron chi connectivity index (χ1n) is 6.16. The first-order chi connectivity index (χ1) is 8.24. The Labute approximate surface area is 105 Å². The highest BCUT2D eigenvalue weighted by Crippen LogP contribution is 2.09. The average Bonchev–Trinajstić information content (AvgIpc) is 2.32. The van der Waals surface area contributed by atoms with Crippen LogP contribution in [0.5, 0.6) is 0 Å². The Kier molecular flexibility index (Phi) is 4.57. The molecule has 1 fully saturated rings. The molecule has 0 aliphatic carbocycles. The van der Waals surface area contributed by atoms with Crippen LogP contribution in [0.4, 0.5) is 5.69 Å². The number of benzene rings is 1. The lowest BCUT2D eigenvalue weighted by Crippen LogP contribution is -2.38. The normalized spacial score (nSPS) is 18.4. The Balaban J connectivity index is 1.71. The van der Waals surface area contributed by atoms with Gasteiger partial charge in [-0.15, -0.1) is 0 Å². The molecule has 0 unspecified atom stereocenters. The highest BCUT2D eigenvalue weighted by molar-refractivity contribution is 7.85. The third-order valence-electron chi connectivity index (χ3n) is 3.16. The van der Waals surface area contributed by atoms with E-state index in [9.17, 15) is 4.21 Å². The lowest BCUT2D eigenvalue weighted by Gasteiger charge is -2.25. The van der Waals surface area contributed by atoms with Gasteiger partial charge in [0.1, 0.15) is 0 Å². The molecule has 0 radical (unpaired) electrons. The van der Waals surface area contributed by atoms with E-state index in [1.54, 1.807) is 0 Å². The van der Waals surface area contributed by atoms with Gasteiger partial charge in [-0.05, 0) is 37.1 Å². The fourth-order valence-electron chi connectivity index (χ4n) is 2.15. The van der Waals surface area contributed by atoms with Crippen LogP contribution in [-0.2, 0) is 17.2 Å². The van der Waals surface area contributed by atoms with E-state index in [-0.39, 0.29) is 0 Å². The Morgan fingerprint density at radius 1 is 1.29 bits per heavy atom. The van der Waals surface area contributed by atoms with Crippen molar-refractivity contribution in [2.24, 2.45) is 0 Å². The Morgan fingerprint density at radius 3 is 2.76 bits per heavy atom. The molecule has 0 aromatic heterocycles. The van der Waals surface area contributed by atoms with Gasteiger partial charge in [0.15, 0.2) is 0 Å². The Hall–Kier alpha value is -0.870. The number of anilines is 1. The second-order valence-electron chi connectivity index (χ2n) is 4.54. The van der Waals surface area contributed by atoms with Gasteiger partial charge in [0.25, 0.3) is 0 Å². The zero-order valence-electron chi connectivity index (χ0n) is 10.1. The summed E-state index contributed by atoms with van der Waals surface area (Å²) >= 11 is 0. The molecule has 1 aromatic rings. The highest BCUT2D eigenvalue weighted by Gasteiger charge is 2.14. The number of nitrogen functional groups attached to an aromatic ring is 1. The largest absolute Gasteiger partial charge is 0.399 e. The maximum atomic E-state index is 11.2. The van der Waals surface area contributed by atoms with Crippen LogP contribution >= 0.6 is 0 Å². The van der Waals surface area contributed by atoms with Crippen molar-refractivity contribution in [2.75, 3.05) is 36.9 Å². The van der Waals surface area contributed by atoms with Crippen molar-refractivity contribution >= 4 is 16.5 Å². The number of rotatable bonds is 4. The van der Waals surface area contributed by atoms with Crippen molar-refractivity contribution in [3.05, 3.63) is 29.8 Å². The predicted octanol–water partition coefficient (Wildman–Crippen LogP) is 1.27. The van der Waals surface area contributed by atoms with Crippen LogP contribution in [0.1, 0.15) is 12.0 Å². The molecule has 1 heterocycles. The zero-order chi connectivity index (χ0) is 12.1. The smallest absolute Gasteiger partial charge is 0.0363 e. The van der Waals surface area contributed by atoms with Gasteiger partial charge in [-0.25, -0.2) is 0 Å². The molecule has 4 heteroatoms. The quantitative estimate of drug-likeness (QED) is 0.821. The summed E-state index contributed by atoms with van der Waals surface area (Å²) in [5, 5.41) is 0. The first-order valence-corrected chi connectivity index (χ1v) is 7.64. The lowest BCUT2D eigenvalue weighted by atomic mass is 10.1.